The lowest BCUT2D eigenvalue weighted by molar-refractivity contribution is -0.124. The first-order chi connectivity index (χ1) is 12.6. The predicted molar refractivity (Wildman–Crippen MR) is 114 cm³/mol. The number of imide groups is 1. The van der Waals surface area contributed by atoms with Gasteiger partial charge in [-0.05, 0) is 26.0 Å². The first kappa shape index (κ1) is 22.8. The topological polar surface area (TPSA) is 104 Å². The van der Waals surface area contributed by atoms with E-state index >= 15 is 0 Å². The fourth-order valence-corrected chi connectivity index (χ4v) is 2.41. The van der Waals surface area contributed by atoms with E-state index in [1.807, 2.05) is 32.0 Å². The summed E-state index contributed by atoms with van der Waals surface area (Å²) in [5.41, 5.74) is 0.778. The van der Waals surface area contributed by atoms with Crippen LogP contribution < -0.4 is 25.4 Å². The Morgan fingerprint density at radius 1 is 1.30 bits per heavy atom. The van der Waals surface area contributed by atoms with Crippen LogP contribution in [0.2, 0.25) is 0 Å². The summed E-state index contributed by atoms with van der Waals surface area (Å²) in [6.45, 7) is 5.66. The lowest BCUT2D eigenvalue weighted by Gasteiger charge is -2.15. The number of amides is 3. The zero-order valence-corrected chi connectivity index (χ0v) is 18.0. The van der Waals surface area contributed by atoms with Gasteiger partial charge in [-0.3, -0.25) is 14.7 Å². The van der Waals surface area contributed by atoms with Gasteiger partial charge in [0.25, 0.3) is 0 Å². The summed E-state index contributed by atoms with van der Waals surface area (Å²) < 4.78 is 10.8. The van der Waals surface area contributed by atoms with Crippen molar-refractivity contribution in [1.82, 2.24) is 15.5 Å². The van der Waals surface area contributed by atoms with E-state index in [1.54, 1.807) is 7.11 Å². The van der Waals surface area contributed by atoms with E-state index in [0.717, 1.165) is 10.6 Å². The Hall–Kier alpha value is -2.24. The summed E-state index contributed by atoms with van der Waals surface area (Å²) >= 11 is 0. The van der Waals surface area contributed by atoms with Crippen molar-refractivity contribution < 1.29 is 19.1 Å². The summed E-state index contributed by atoms with van der Waals surface area (Å²) in [4.78, 5) is 28.7. The maximum Gasteiger partial charge on any atom is 0.324 e. The monoisotopic (exact) mass is 491 g/mol. The Morgan fingerprint density at radius 2 is 2.07 bits per heavy atom. The molecule has 0 spiro atoms. The van der Waals surface area contributed by atoms with Crippen LogP contribution in [0.3, 0.4) is 0 Å². The molecule has 9 nitrogen and oxygen atoms in total. The molecule has 1 aromatic rings. The predicted octanol–water partition coefficient (Wildman–Crippen LogP) is 1.64. The smallest absolute Gasteiger partial charge is 0.324 e. The molecule has 0 aliphatic carbocycles. The van der Waals surface area contributed by atoms with E-state index in [0.29, 0.717) is 37.2 Å². The summed E-state index contributed by atoms with van der Waals surface area (Å²) in [7, 11) is 1.58. The molecule has 0 saturated carbocycles. The molecular weight excluding hydrogens is 465 g/mol. The van der Waals surface area contributed by atoms with Gasteiger partial charge >= 0.3 is 6.03 Å². The van der Waals surface area contributed by atoms with Gasteiger partial charge in [0.2, 0.25) is 5.91 Å². The van der Waals surface area contributed by atoms with Crippen molar-refractivity contribution in [3.05, 3.63) is 18.2 Å². The normalized spacial score (nSPS) is 13.7. The molecule has 1 fully saturated rings. The number of nitrogens with one attached hydrogen (secondary N) is 3. The molecule has 2 rings (SSSR count). The fraction of sp³-hybridized carbons (Fsp3) is 0.471. The zero-order chi connectivity index (χ0) is 18.9. The number of carbonyl (C=O) groups excluding carboxylic acids is 2. The van der Waals surface area contributed by atoms with Crippen LogP contribution >= 0.6 is 24.0 Å². The molecule has 1 aromatic carbocycles. The molecule has 1 heterocycles. The zero-order valence-electron chi connectivity index (χ0n) is 15.7. The van der Waals surface area contributed by atoms with Crippen LogP contribution in [0, 0.1) is 0 Å². The van der Waals surface area contributed by atoms with Crippen molar-refractivity contribution in [2.45, 2.75) is 13.8 Å². The van der Waals surface area contributed by atoms with E-state index in [-0.39, 0.29) is 49.0 Å². The van der Waals surface area contributed by atoms with Crippen LogP contribution in [-0.4, -0.2) is 62.7 Å². The van der Waals surface area contributed by atoms with Crippen molar-refractivity contribution >= 4 is 47.6 Å². The maximum absolute atomic E-state index is 11.6. The van der Waals surface area contributed by atoms with Crippen LogP contribution in [0.4, 0.5) is 10.5 Å². The fourth-order valence-electron chi connectivity index (χ4n) is 2.41. The molecule has 150 valence electrons. The molecule has 3 N–H and O–H groups in total. The van der Waals surface area contributed by atoms with E-state index < -0.39 is 0 Å². The van der Waals surface area contributed by atoms with Crippen molar-refractivity contribution in [1.29, 1.82) is 0 Å². The Bertz CT molecular complexity index is 667. The molecule has 0 aromatic heterocycles. The van der Waals surface area contributed by atoms with Crippen molar-refractivity contribution in [2.75, 3.05) is 45.2 Å². The number of nitrogens with zero attached hydrogens (tertiary/aromatic N) is 2. The van der Waals surface area contributed by atoms with Gasteiger partial charge in [0.1, 0.15) is 0 Å². The molecule has 0 unspecified atom stereocenters. The SMILES string of the molecule is CCNC(=NCCN1C(=O)CNC1=O)Nc1ccc(OCC)c(OC)c1.I. The highest BCUT2D eigenvalue weighted by molar-refractivity contribution is 14.0. The molecule has 27 heavy (non-hydrogen) atoms. The highest BCUT2D eigenvalue weighted by Gasteiger charge is 2.27. The van der Waals surface area contributed by atoms with Gasteiger partial charge < -0.3 is 25.4 Å². The van der Waals surface area contributed by atoms with Crippen LogP contribution in [0.1, 0.15) is 13.8 Å². The molecule has 0 bridgehead atoms. The van der Waals surface area contributed by atoms with E-state index in [9.17, 15) is 9.59 Å². The number of hydrogen-bond acceptors (Lipinski definition) is 5. The van der Waals surface area contributed by atoms with Gasteiger partial charge in [0.05, 0.1) is 33.4 Å². The first-order valence-electron chi connectivity index (χ1n) is 8.53. The minimum atomic E-state index is -0.376. The van der Waals surface area contributed by atoms with Gasteiger partial charge in [-0.2, -0.15) is 0 Å². The molecule has 1 aliphatic heterocycles. The minimum absolute atomic E-state index is 0. The molecule has 0 radical (unpaired) electrons. The van der Waals surface area contributed by atoms with Gasteiger partial charge in [-0.15, -0.1) is 24.0 Å². The number of anilines is 1. The number of ether oxygens (including phenoxy) is 2. The average molecular weight is 491 g/mol. The molecular formula is C17H26IN5O4. The largest absolute Gasteiger partial charge is 0.493 e. The third kappa shape index (κ3) is 6.45. The van der Waals surface area contributed by atoms with Gasteiger partial charge in [0.15, 0.2) is 17.5 Å². The number of carbonyl (C=O) groups is 2. The number of rotatable bonds is 8. The lowest BCUT2D eigenvalue weighted by atomic mass is 10.2. The standard InChI is InChI=1S/C17H25N5O4.HI/c1-4-18-16(19-8-9-22-15(23)11-20-17(22)24)21-12-6-7-13(26-5-2)14(10-12)25-3;/h6-7,10H,4-5,8-9,11H2,1-3H3,(H,20,24)(H2,18,19,21);1H. The second-order valence-corrected chi connectivity index (χ2v) is 5.39. The number of guanidine groups is 1. The van der Waals surface area contributed by atoms with Gasteiger partial charge in [-0.25, -0.2) is 4.79 Å². The third-order valence-electron chi connectivity index (χ3n) is 3.60. The summed E-state index contributed by atoms with van der Waals surface area (Å²) in [6, 6.07) is 5.12. The summed E-state index contributed by atoms with van der Waals surface area (Å²) in [5, 5.41) is 8.77. The third-order valence-corrected chi connectivity index (χ3v) is 3.60. The van der Waals surface area contributed by atoms with Crippen LogP contribution in [0.15, 0.2) is 23.2 Å². The van der Waals surface area contributed by atoms with Crippen molar-refractivity contribution in [3.8, 4) is 11.5 Å². The molecule has 1 aliphatic rings. The van der Waals surface area contributed by atoms with E-state index in [2.05, 4.69) is 20.9 Å². The second-order valence-electron chi connectivity index (χ2n) is 5.39. The Balaban J connectivity index is 0.00000364. The number of aliphatic imine (C=N–C) groups is 1. The van der Waals surface area contributed by atoms with E-state index in [4.69, 9.17) is 9.47 Å². The van der Waals surface area contributed by atoms with Gasteiger partial charge in [-0.1, -0.05) is 0 Å². The van der Waals surface area contributed by atoms with Gasteiger partial charge in [0, 0.05) is 18.3 Å². The Morgan fingerprint density at radius 3 is 2.67 bits per heavy atom. The molecule has 10 heteroatoms. The maximum atomic E-state index is 11.6. The second kappa shape index (κ2) is 11.5. The Labute approximate surface area is 175 Å². The summed E-state index contributed by atoms with van der Waals surface area (Å²) in [5.74, 6) is 1.60. The molecule has 3 amide bonds. The number of urea groups is 1. The highest BCUT2D eigenvalue weighted by Crippen LogP contribution is 2.30. The number of hydrogen-bond donors (Lipinski definition) is 3. The minimum Gasteiger partial charge on any atom is -0.493 e. The average Bonchev–Trinajstić information content (AvgIpc) is 2.95. The van der Waals surface area contributed by atoms with Crippen LogP contribution in [0.5, 0.6) is 11.5 Å². The van der Waals surface area contributed by atoms with Crippen molar-refractivity contribution in [3.63, 3.8) is 0 Å². The molecule has 0 atom stereocenters. The quantitative estimate of drug-likeness (QED) is 0.221. The Kier molecular flexibility index (Phi) is 9.68. The molecule has 1 saturated heterocycles. The van der Waals surface area contributed by atoms with Crippen LogP contribution in [0.25, 0.3) is 0 Å². The number of halogens is 1. The highest BCUT2D eigenvalue weighted by atomic mass is 127. The number of methoxy groups -OCH3 is 1. The van der Waals surface area contributed by atoms with Crippen LogP contribution in [-0.2, 0) is 4.79 Å². The summed E-state index contributed by atoms with van der Waals surface area (Å²) in [6.07, 6.45) is 0. The first-order valence-corrected chi connectivity index (χ1v) is 8.53. The number of benzene rings is 1. The lowest BCUT2D eigenvalue weighted by Crippen LogP contribution is -2.35. The van der Waals surface area contributed by atoms with E-state index in [1.165, 1.54) is 0 Å². The van der Waals surface area contributed by atoms with Crippen molar-refractivity contribution in [2.24, 2.45) is 4.99 Å².